The summed E-state index contributed by atoms with van der Waals surface area (Å²) < 4.78 is 0. The molecule has 0 bridgehead atoms. The highest BCUT2D eigenvalue weighted by atomic mass is 35.5. The number of anilines is 1. The Hall–Kier alpha value is -0.800. The molecule has 0 aromatic carbocycles. The van der Waals surface area contributed by atoms with Gasteiger partial charge in [-0.1, -0.05) is 18.5 Å². The summed E-state index contributed by atoms with van der Waals surface area (Å²) in [6.45, 7) is 5.81. The van der Waals surface area contributed by atoms with Crippen molar-refractivity contribution in [3.63, 3.8) is 0 Å². The number of hydrogen-bond acceptors (Lipinski definition) is 3. The predicted molar refractivity (Wildman–Crippen MR) is 72.6 cm³/mol. The van der Waals surface area contributed by atoms with E-state index >= 15 is 0 Å². The van der Waals surface area contributed by atoms with E-state index in [1.807, 2.05) is 18.3 Å². The van der Waals surface area contributed by atoms with Crippen molar-refractivity contribution in [3.05, 3.63) is 23.5 Å². The minimum absolute atomic E-state index is 0.550. The lowest BCUT2D eigenvalue weighted by molar-refractivity contribution is 0.300. The lowest BCUT2D eigenvalue weighted by Crippen LogP contribution is -2.26. The van der Waals surface area contributed by atoms with E-state index < -0.39 is 0 Å². The van der Waals surface area contributed by atoms with Gasteiger partial charge in [-0.3, -0.25) is 0 Å². The van der Waals surface area contributed by atoms with E-state index in [0.717, 1.165) is 12.2 Å². The normalized spacial score (nSPS) is 22.1. The highest BCUT2D eigenvalue weighted by Gasteiger charge is 2.15. The molecule has 0 amide bonds. The minimum atomic E-state index is 0.550. The quantitative estimate of drug-likeness (QED) is 0.840. The molecule has 1 unspecified atom stereocenters. The summed E-state index contributed by atoms with van der Waals surface area (Å²) >= 11 is 5.77. The third kappa shape index (κ3) is 3.86. The largest absolute Gasteiger partial charge is 0.381 e. The number of hydrogen-bond donors (Lipinski definition) is 1. The molecule has 1 atom stereocenters. The van der Waals surface area contributed by atoms with Gasteiger partial charge in [-0.2, -0.15) is 0 Å². The van der Waals surface area contributed by atoms with Crippen molar-refractivity contribution in [2.45, 2.75) is 32.2 Å². The molecule has 0 spiro atoms. The van der Waals surface area contributed by atoms with Crippen LogP contribution in [0.3, 0.4) is 0 Å². The second-order valence-electron chi connectivity index (χ2n) is 4.58. The number of aromatic nitrogens is 1. The molecule has 1 aromatic heterocycles. The number of pyridine rings is 1. The molecule has 17 heavy (non-hydrogen) atoms. The third-order valence-corrected chi connectivity index (χ3v) is 3.59. The Labute approximate surface area is 108 Å². The summed E-state index contributed by atoms with van der Waals surface area (Å²) in [5.74, 6) is 0. The van der Waals surface area contributed by atoms with Crippen LogP contribution < -0.4 is 5.32 Å². The van der Waals surface area contributed by atoms with Gasteiger partial charge in [0.15, 0.2) is 0 Å². The SMILES string of the molecule is CCN1CCCC(Nc2ccc(Cl)nc2)CC1. The van der Waals surface area contributed by atoms with Gasteiger partial charge in [0.1, 0.15) is 5.15 Å². The molecular weight excluding hydrogens is 234 g/mol. The van der Waals surface area contributed by atoms with Gasteiger partial charge in [0.25, 0.3) is 0 Å². The Morgan fingerprint density at radius 2 is 2.29 bits per heavy atom. The maximum absolute atomic E-state index is 5.77. The number of nitrogens with one attached hydrogen (secondary N) is 1. The van der Waals surface area contributed by atoms with Gasteiger partial charge in [-0.25, -0.2) is 4.98 Å². The van der Waals surface area contributed by atoms with Crippen LogP contribution in [-0.4, -0.2) is 35.6 Å². The van der Waals surface area contributed by atoms with Crippen molar-refractivity contribution >= 4 is 17.3 Å². The average molecular weight is 254 g/mol. The Balaban J connectivity index is 1.88. The topological polar surface area (TPSA) is 28.2 Å². The fourth-order valence-corrected chi connectivity index (χ4v) is 2.43. The van der Waals surface area contributed by atoms with Crippen LogP contribution in [-0.2, 0) is 0 Å². The molecule has 0 radical (unpaired) electrons. The summed E-state index contributed by atoms with van der Waals surface area (Å²) in [4.78, 5) is 6.61. The first-order valence-corrected chi connectivity index (χ1v) is 6.76. The molecule has 4 heteroatoms. The molecule has 2 rings (SSSR count). The molecule has 1 saturated heterocycles. The predicted octanol–water partition coefficient (Wildman–Crippen LogP) is 3.02. The monoisotopic (exact) mass is 253 g/mol. The van der Waals surface area contributed by atoms with E-state index in [9.17, 15) is 0 Å². The Morgan fingerprint density at radius 1 is 1.41 bits per heavy atom. The molecule has 1 N–H and O–H groups in total. The first-order valence-electron chi connectivity index (χ1n) is 6.38. The lowest BCUT2D eigenvalue weighted by atomic mass is 10.1. The first-order chi connectivity index (χ1) is 8.28. The molecule has 94 valence electrons. The van der Waals surface area contributed by atoms with Crippen molar-refractivity contribution < 1.29 is 0 Å². The van der Waals surface area contributed by atoms with E-state index in [0.29, 0.717) is 11.2 Å². The molecule has 3 nitrogen and oxygen atoms in total. The maximum Gasteiger partial charge on any atom is 0.129 e. The lowest BCUT2D eigenvalue weighted by Gasteiger charge is -2.19. The van der Waals surface area contributed by atoms with Crippen LogP contribution in [0.25, 0.3) is 0 Å². The van der Waals surface area contributed by atoms with Crippen LogP contribution in [0.2, 0.25) is 5.15 Å². The molecule has 0 aliphatic carbocycles. The van der Waals surface area contributed by atoms with Gasteiger partial charge in [0.05, 0.1) is 11.9 Å². The second-order valence-corrected chi connectivity index (χ2v) is 4.96. The Bertz CT molecular complexity index is 339. The average Bonchev–Trinajstić information content (AvgIpc) is 2.57. The van der Waals surface area contributed by atoms with Crippen LogP contribution >= 0.6 is 11.6 Å². The zero-order chi connectivity index (χ0) is 12.1. The molecule has 1 aromatic rings. The van der Waals surface area contributed by atoms with Gasteiger partial charge < -0.3 is 10.2 Å². The molecular formula is C13H20ClN3. The van der Waals surface area contributed by atoms with Gasteiger partial charge in [0, 0.05) is 12.6 Å². The third-order valence-electron chi connectivity index (χ3n) is 3.37. The van der Waals surface area contributed by atoms with Crippen molar-refractivity contribution in [2.75, 3.05) is 25.0 Å². The number of likely N-dealkylation sites (tertiary alicyclic amines) is 1. The van der Waals surface area contributed by atoms with Crippen LogP contribution in [0.4, 0.5) is 5.69 Å². The zero-order valence-electron chi connectivity index (χ0n) is 10.3. The van der Waals surface area contributed by atoms with Crippen LogP contribution in [0.1, 0.15) is 26.2 Å². The fourth-order valence-electron chi connectivity index (χ4n) is 2.31. The zero-order valence-corrected chi connectivity index (χ0v) is 11.1. The Morgan fingerprint density at radius 3 is 3.00 bits per heavy atom. The van der Waals surface area contributed by atoms with Crippen LogP contribution in [0, 0.1) is 0 Å². The van der Waals surface area contributed by atoms with Gasteiger partial charge in [-0.15, -0.1) is 0 Å². The molecule has 0 saturated carbocycles. The standard InChI is InChI=1S/C13H20ClN3/c1-2-17-8-3-4-11(7-9-17)16-12-5-6-13(14)15-10-12/h5-6,10-11,16H,2-4,7-9H2,1H3. The Kier molecular flexibility index (Phi) is 4.63. The van der Waals surface area contributed by atoms with Gasteiger partial charge in [-0.05, 0) is 44.5 Å². The van der Waals surface area contributed by atoms with Crippen molar-refractivity contribution in [1.29, 1.82) is 0 Å². The summed E-state index contributed by atoms with van der Waals surface area (Å²) in [6, 6.07) is 4.39. The number of nitrogens with zero attached hydrogens (tertiary/aromatic N) is 2. The number of halogens is 1. The smallest absolute Gasteiger partial charge is 0.129 e. The van der Waals surface area contributed by atoms with E-state index in [2.05, 4.69) is 22.1 Å². The minimum Gasteiger partial charge on any atom is -0.381 e. The highest BCUT2D eigenvalue weighted by molar-refractivity contribution is 6.29. The summed E-state index contributed by atoms with van der Waals surface area (Å²) in [6.07, 6.45) is 5.52. The van der Waals surface area contributed by atoms with Crippen molar-refractivity contribution in [1.82, 2.24) is 9.88 Å². The van der Waals surface area contributed by atoms with Crippen LogP contribution in [0.15, 0.2) is 18.3 Å². The van der Waals surface area contributed by atoms with Crippen LogP contribution in [0.5, 0.6) is 0 Å². The first kappa shape index (κ1) is 12.7. The summed E-state index contributed by atoms with van der Waals surface area (Å²) in [5.41, 5.74) is 1.07. The van der Waals surface area contributed by atoms with Crippen molar-refractivity contribution in [2.24, 2.45) is 0 Å². The second kappa shape index (κ2) is 6.22. The summed E-state index contributed by atoms with van der Waals surface area (Å²) in [5, 5.41) is 4.09. The summed E-state index contributed by atoms with van der Waals surface area (Å²) in [7, 11) is 0. The molecule has 2 heterocycles. The molecule has 1 fully saturated rings. The maximum atomic E-state index is 5.77. The highest BCUT2D eigenvalue weighted by Crippen LogP contribution is 2.17. The van der Waals surface area contributed by atoms with E-state index in [1.54, 1.807) is 0 Å². The van der Waals surface area contributed by atoms with Gasteiger partial charge >= 0.3 is 0 Å². The molecule has 1 aliphatic heterocycles. The fraction of sp³-hybridized carbons (Fsp3) is 0.615. The van der Waals surface area contributed by atoms with E-state index in [4.69, 9.17) is 11.6 Å². The number of rotatable bonds is 3. The van der Waals surface area contributed by atoms with E-state index in [-0.39, 0.29) is 0 Å². The van der Waals surface area contributed by atoms with Crippen molar-refractivity contribution in [3.8, 4) is 0 Å². The van der Waals surface area contributed by atoms with E-state index in [1.165, 1.54) is 32.4 Å². The van der Waals surface area contributed by atoms with Gasteiger partial charge in [0.2, 0.25) is 0 Å². The molecule has 1 aliphatic rings.